The van der Waals surface area contributed by atoms with Gasteiger partial charge in [-0.25, -0.2) is 4.39 Å². The van der Waals surface area contributed by atoms with Gasteiger partial charge in [0, 0.05) is 10.9 Å². The lowest BCUT2D eigenvalue weighted by atomic mass is 10.00. The second-order valence-electron chi connectivity index (χ2n) is 9.58. The van der Waals surface area contributed by atoms with Crippen molar-refractivity contribution < 1.29 is 4.39 Å². The van der Waals surface area contributed by atoms with Crippen molar-refractivity contribution in [1.82, 2.24) is 0 Å². The second-order valence-corrected chi connectivity index (χ2v) is 9.58. The van der Waals surface area contributed by atoms with Crippen LogP contribution in [0.2, 0.25) is 0 Å². The Hall–Kier alpha value is -3.37. The number of benzene rings is 4. The van der Waals surface area contributed by atoms with E-state index < -0.39 is 0 Å². The minimum Gasteiger partial charge on any atom is -0.205 e. The normalized spacial score (nSPS) is 10.8. The number of hydrogen-bond donors (Lipinski definition) is 0. The number of halogens is 1. The molecule has 0 heterocycles. The molecule has 35 heavy (non-hydrogen) atoms. The van der Waals surface area contributed by atoms with Crippen LogP contribution >= 0.6 is 0 Å². The minimum atomic E-state index is -0.223. The first-order valence-electron chi connectivity index (χ1n) is 13.0. The van der Waals surface area contributed by atoms with Gasteiger partial charge >= 0.3 is 0 Å². The predicted octanol–water partition coefficient (Wildman–Crippen LogP) is 8.99. The van der Waals surface area contributed by atoms with Crippen LogP contribution in [0, 0.1) is 24.6 Å². The molecule has 0 saturated heterocycles. The van der Waals surface area contributed by atoms with Crippen molar-refractivity contribution in [2.24, 2.45) is 0 Å². The predicted molar refractivity (Wildman–Crippen MR) is 147 cm³/mol. The summed E-state index contributed by atoms with van der Waals surface area (Å²) in [6, 6.07) is 26.9. The van der Waals surface area contributed by atoms with Gasteiger partial charge in [0.1, 0.15) is 5.82 Å². The molecule has 0 radical (unpaired) electrons. The highest BCUT2D eigenvalue weighted by Gasteiger charge is 2.07. The van der Waals surface area contributed by atoms with Crippen molar-refractivity contribution in [2.75, 3.05) is 0 Å². The molecule has 0 nitrogen and oxygen atoms in total. The first-order valence-corrected chi connectivity index (χ1v) is 13.0. The van der Waals surface area contributed by atoms with Crippen LogP contribution < -0.4 is 0 Å². The van der Waals surface area contributed by atoms with Crippen LogP contribution in [0.3, 0.4) is 0 Å². The zero-order valence-electron chi connectivity index (χ0n) is 21.0. The first-order chi connectivity index (χ1) is 17.1. The highest BCUT2D eigenvalue weighted by molar-refractivity contribution is 5.85. The summed E-state index contributed by atoms with van der Waals surface area (Å²) in [6.07, 6.45) is 9.42. The van der Waals surface area contributed by atoms with Crippen LogP contribution in [0.1, 0.15) is 72.4 Å². The fourth-order valence-corrected chi connectivity index (χ4v) is 4.46. The summed E-state index contributed by atoms with van der Waals surface area (Å²) in [6.45, 7) is 4.35. The van der Waals surface area contributed by atoms with E-state index in [1.165, 1.54) is 54.4 Å². The Balaban J connectivity index is 1.38. The lowest BCUT2D eigenvalue weighted by molar-refractivity contribution is 0.631. The quantitative estimate of drug-likeness (QED) is 0.172. The molecule has 0 spiro atoms. The number of unbranched alkanes of at least 4 members (excludes halogenated alkanes) is 4. The van der Waals surface area contributed by atoms with Gasteiger partial charge in [0.15, 0.2) is 0 Å². The maximum atomic E-state index is 15.1. The van der Waals surface area contributed by atoms with Gasteiger partial charge in [-0.1, -0.05) is 111 Å². The molecular formula is C34H35F. The number of hydrogen-bond acceptors (Lipinski definition) is 0. The molecule has 4 aromatic rings. The Bertz CT molecular complexity index is 1300. The van der Waals surface area contributed by atoms with Crippen LogP contribution in [0.25, 0.3) is 10.8 Å². The van der Waals surface area contributed by atoms with Crippen LogP contribution in [-0.2, 0) is 19.3 Å². The molecule has 0 N–H and O–H groups in total. The minimum absolute atomic E-state index is 0.223. The molecule has 0 aliphatic heterocycles. The Morgan fingerprint density at radius 2 is 1.29 bits per heavy atom. The monoisotopic (exact) mass is 462 g/mol. The van der Waals surface area contributed by atoms with E-state index in [2.05, 4.69) is 74.2 Å². The van der Waals surface area contributed by atoms with E-state index in [9.17, 15) is 0 Å². The third kappa shape index (κ3) is 7.06. The summed E-state index contributed by atoms with van der Waals surface area (Å²) < 4.78 is 15.1. The third-order valence-electron chi connectivity index (χ3n) is 6.71. The van der Waals surface area contributed by atoms with Gasteiger partial charge in [0.2, 0.25) is 0 Å². The zero-order chi connectivity index (χ0) is 24.5. The van der Waals surface area contributed by atoms with Crippen LogP contribution in [0.5, 0.6) is 0 Å². The Kier molecular flexibility index (Phi) is 8.74. The van der Waals surface area contributed by atoms with E-state index >= 15 is 4.39 Å². The standard InChI is InChI=1S/C34H35F/c1-3-4-5-6-7-8-30-20-24-33-32(25-30)23-22-31(34(33)35)21-19-29-17-15-28(16-18-29)14-13-27-11-9-26(2)10-12-27/h9-12,15-18,20,22-25H,3-8,13-14H2,1-2H3. The van der Waals surface area contributed by atoms with Crippen molar-refractivity contribution >= 4 is 10.8 Å². The van der Waals surface area contributed by atoms with E-state index in [-0.39, 0.29) is 5.82 Å². The fraction of sp³-hybridized carbons (Fsp3) is 0.294. The van der Waals surface area contributed by atoms with Gasteiger partial charge in [0.05, 0.1) is 5.56 Å². The lowest BCUT2D eigenvalue weighted by Gasteiger charge is -2.06. The smallest absolute Gasteiger partial charge is 0.146 e. The Morgan fingerprint density at radius 1 is 0.629 bits per heavy atom. The molecule has 0 atom stereocenters. The molecule has 0 amide bonds. The van der Waals surface area contributed by atoms with Gasteiger partial charge in [-0.05, 0) is 72.9 Å². The molecule has 0 aliphatic rings. The molecule has 0 aromatic heterocycles. The highest BCUT2D eigenvalue weighted by Crippen LogP contribution is 2.23. The summed E-state index contributed by atoms with van der Waals surface area (Å²) in [7, 11) is 0. The molecule has 178 valence electrons. The topological polar surface area (TPSA) is 0 Å². The summed E-state index contributed by atoms with van der Waals surface area (Å²) >= 11 is 0. The largest absolute Gasteiger partial charge is 0.205 e. The van der Waals surface area contributed by atoms with Gasteiger partial charge in [-0.3, -0.25) is 0 Å². The van der Waals surface area contributed by atoms with Gasteiger partial charge < -0.3 is 0 Å². The second kappa shape index (κ2) is 12.4. The van der Waals surface area contributed by atoms with E-state index in [1.807, 2.05) is 30.3 Å². The fourth-order valence-electron chi connectivity index (χ4n) is 4.46. The number of aryl methyl sites for hydroxylation is 4. The summed E-state index contributed by atoms with van der Waals surface area (Å²) in [4.78, 5) is 0. The molecule has 4 aromatic carbocycles. The molecule has 0 unspecified atom stereocenters. The summed E-state index contributed by atoms with van der Waals surface area (Å²) in [5.41, 5.74) is 6.57. The van der Waals surface area contributed by atoms with E-state index in [4.69, 9.17) is 0 Å². The summed E-state index contributed by atoms with van der Waals surface area (Å²) in [5, 5.41) is 1.61. The van der Waals surface area contributed by atoms with E-state index in [1.54, 1.807) is 0 Å². The lowest BCUT2D eigenvalue weighted by Crippen LogP contribution is -1.92. The molecule has 4 rings (SSSR count). The first kappa shape index (κ1) is 24.7. The molecule has 0 saturated carbocycles. The van der Waals surface area contributed by atoms with E-state index in [0.29, 0.717) is 10.9 Å². The number of rotatable bonds is 9. The van der Waals surface area contributed by atoms with E-state index in [0.717, 1.165) is 30.2 Å². The van der Waals surface area contributed by atoms with Gasteiger partial charge in [0.25, 0.3) is 0 Å². The van der Waals surface area contributed by atoms with Crippen LogP contribution in [0.15, 0.2) is 78.9 Å². The average Bonchev–Trinajstić information content (AvgIpc) is 2.88. The molecule has 0 bridgehead atoms. The highest BCUT2D eigenvalue weighted by atomic mass is 19.1. The van der Waals surface area contributed by atoms with Crippen molar-refractivity contribution in [3.05, 3.63) is 118 Å². The molecule has 0 fully saturated rings. The molecular weight excluding hydrogens is 427 g/mol. The Labute approximate surface area is 210 Å². The SMILES string of the molecule is CCCCCCCc1ccc2c(F)c(C#Cc3ccc(CCc4ccc(C)cc4)cc3)ccc2c1. The maximum absolute atomic E-state index is 15.1. The zero-order valence-corrected chi connectivity index (χ0v) is 21.0. The number of fused-ring (bicyclic) bond motifs is 1. The third-order valence-corrected chi connectivity index (χ3v) is 6.71. The van der Waals surface area contributed by atoms with Gasteiger partial charge in [-0.15, -0.1) is 0 Å². The summed E-state index contributed by atoms with van der Waals surface area (Å²) in [5.74, 6) is 5.96. The molecule has 0 aliphatic carbocycles. The van der Waals surface area contributed by atoms with Crippen LogP contribution in [0.4, 0.5) is 4.39 Å². The van der Waals surface area contributed by atoms with Crippen LogP contribution in [-0.4, -0.2) is 0 Å². The average molecular weight is 463 g/mol. The molecule has 1 heteroatoms. The van der Waals surface area contributed by atoms with Crippen molar-refractivity contribution in [2.45, 2.75) is 65.2 Å². The van der Waals surface area contributed by atoms with Crippen molar-refractivity contribution in [3.8, 4) is 11.8 Å². The van der Waals surface area contributed by atoms with Gasteiger partial charge in [-0.2, -0.15) is 0 Å². The Morgan fingerprint density at radius 3 is 2.00 bits per heavy atom. The van der Waals surface area contributed by atoms with Crippen molar-refractivity contribution in [1.29, 1.82) is 0 Å². The van der Waals surface area contributed by atoms with Crippen molar-refractivity contribution in [3.63, 3.8) is 0 Å². The maximum Gasteiger partial charge on any atom is 0.146 e.